The van der Waals surface area contributed by atoms with Crippen molar-refractivity contribution >= 4 is 13.8 Å². The minimum absolute atomic E-state index is 0.359. The van der Waals surface area contributed by atoms with Crippen molar-refractivity contribution < 1.29 is 17.0 Å². The number of alkyl halides is 3. The van der Waals surface area contributed by atoms with E-state index >= 15 is 0 Å². The molecule has 0 heterocycles. The Balaban J connectivity index is 2.77. The minimum atomic E-state index is -4.55. The molecule has 19 heavy (non-hydrogen) atoms. The van der Waals surface area contributed by atoms with Gasteiger partial charge in [0.15, 0.2) is 0 Å². The Morgan fingerprint density at radius 1 is 1.11 bits per heavy atom. The van der Waals surface area contributed by atoms with Gasteiger partial charge in [-0.2, -0.15) is 0 Å². The third-order valence-corrected chi connectivity index (χ3v) is 6.08. The van der Waals surface area contributed by atoms with Crippen molar-refractivity contribution in [2.75, 3.05) is 0 Å². The first kappa shape index (κ1) is 16.4. The van der Waals surface area contributed by atoms with Crippen LogP contribution in [0.5, 0.6) is 0 Å². The van der Waals surface area contributed by atoms with Gasteiger partial charge in [-0.15, -0.1) is 0 Å². The van der Waals surface area contributed by atoms with E-state index in [0.717, 1.165) is 19.3 Å². The van der Waals surface area contributed by atoms with E-state index in [0.29, 0.717) is 18.4 Å². The quantitative estimate of drug-likeness (QED) is 0.515. The van der Waals surface area contributed by atoms with Gasteiger partial charge in [0.1, 0.15) is 0 Å². The number of halogens is 3. The first-order valence-corrected chi connectivity index (χ1v) is 9.03. The Labute approximate surface area is 116 Å². The number of hydrogen-bond donors (Lipinski definition) is 0. The number of rotatable bonds is 7. The van der Waals surface area contributed by atoms with Crippen molar-refractivity contribution in [2.45, 2.75) is 48.9 Å². The summed E-state index contributed by atoms with van der Waals surface area (Å²) in [5, 5.41) is -4.55. The first-order chi connectivity index (χ1) is 8.96. The topological polar surface area (TPSA) is 17.1 Å². The van der Waals surface area contributed by atoms with E-state index in [1.54, 1.807) is 30.3 Å². The molecule has 108 valence electrons. The molecule has 1 aromatic carbocycles. The van der Waals surface area contributed by atoms with Crippen LogP contribution in [0.4, 0.5) is 13.2 Å². The zero-order chi connectivity index (χ0) is 14.3. The second-order valence-electron chi connectivity index (χ2n) is 4.49. The van der Waals surface area contributed by atoms with E-state index in [4.69, 9.17) is 0 Å². The van der Waals surface area contributed by atoms with Gasteiger partial charge in [0.25, 0.3) is 0 Å². The molecule has 0 fully saturated rings. The summed E-state index contributed by atoms with van der Waals surface area (Å²) < 4.78 is 49.8. The Hall–Kier alpha value is -0.671. The van der Waals surface area contributed by atoms with Crippen LogP contribution in [0.1, 0.15) is 49.4 Å². The van der Waals surface area contributed by atoms with Gasteiger partial charge >= 0.3 is 116 Å². The van der Waals surface area contributed by atoms with Gasteiger partial charge in [-0.25, -0.2) is 0 Å². The molecule has 0 aromatic heterocycles. The average molecular weight is 339 g/mol. The van der Waals surface area contributed by atoms with E-state index in [1.807, 2.05) is 0 Å². The van der Waals surface area contributed by atoms with E-state index in [-0.39, 0.29) is 0 Å². The van der Waals surface area contributed by atoms with Crippen LogP contribution in [0, 0.1) is 0 Å². The Morgan fingerprint density at radius 3 is 2.26 bits per heavy atom. The van der Waals surface area contributed by atoms with Crippen LogP contribution in [0.15, 0.2) is 30.3 Å². The molecular formula is C14H19F3OSe. The van der Waals surface area contributed by atoms with Crippen LogP contribution in [-0.4, -0.2) is 18.9 Å². The summed E-state index contributed by atoms with van der Waals surface area (Å²) in [5.74, 6) is 0. The van der Waals surface area contributed by atoms with Crippen molar-refractivity contribution in [3.8, 4) is 0 Å². The molecule has 0 saturated carbocycles. The molecule has 0 radical (unpaired) electrons. The molecule has 0 bridgehead atoms. The second-order valence-corrected chi connectivity index (χ2v) is 7.90. The summed E-state index contributed by atoms with van der Waals surface area (Å²) in [6.45, 7) is 2.05. The molecule has 2 atom stereocenters. The molecule has 0 amide bonds. The summed E-state index contributed by atoms with van der Waals surface area (Å²) in [4.78, 5) is -0.849. The average Bonchev–Trinajstić information content (AvgIpc) is 2.38. The number of benzene rings is 1. The molecule has 0 N–H and O–H groups in total. The molecule has 0 saturated heterocycles. The van der Waals surface area contributed by atoms with Crippen LogP contribution in [0.25, 0.3) is 0 Å². The van der Waals surface area contributed by atoms with Crippen molar-refractivity contribution in [3.05, 3.63) is 35.9 Å². The summed E-state index contributed by atoms with van der Waals surface area (Å²) in [7, 11) is 0. The van der Waals surface area contributed by atoms with Crippen LogP contribution in [-0.2, 0) is 3.83 Å². The summed E-state index contributed by atoms with van der Waals surface area (Å²) >= 11 is -3.88. The van der Waals surface area contributed by atoms with E-state index in [1.165, 1.54) is 0 Å². The molecule has 5 heteroatoms. The van der Waals surface area contributed by atoms with Gasteiger partial charge in [0.2, 0.25) is 0 Å². The van der Waals surface area contributed by atoms with Gasteiger partial charge in [-0.3, -0.25) is 0 Å². The predicted octanol–water partition coefficient (Wildman–Crippen LogP) is 4.80. The molecule has 1 aromatic rings. The molecule has 0 aliphatic carbocycles. The summed E-state index contributed by atoms with van der Waals surface area (Å²) in [6.07, 6.45) is 4.00. The predicted molar refractivity (Wildman–Crippen MR) is 70.4 cm³/mol. The fourth-order valence-corrected chi connectivity index (χ4v) is 4.31. The third kappa shape index (κ3) is 5.45. The first-order valence-electron chi connectivity index (χ1n) is 6.49. The molecule has 1 nitrogen and oxygen atoms in total. The fourth-order valence-electron chi connectivity index (χ4n) is 1.98. The maximum absolute atomic E-state index is 12.7. The Kier molecular flexibility index (Phi) is 6.73. The molecular weight excluding hydrogens is 320 g/mol. The van der Waals surface area contributed by atoms with Crippen LogP contribution >= 0.6 is 0 Å². The fraction of sp³-hybridized carbons (Fsp3) is 0.571. The third-order valence-electron chi connectivity index (χ3n) is 2.98. The summed E-state index contributed by atoms with van der Waals surface area (Å²) in [5.41, 5.74) is 0.552. The molecule has 0 aliphatic heterocycles. The Morgan fingerprint density at radius 2 is 1.74 bits per heavy atom. The van der Waals surface area contributed by atoms with E-state index < -0.39 is 23.7 Å². The van der Waals surface area contributed by atoms with Crippen LogP contribution in [0.2, 0.25) is 0 Å². The standard InChI is InChI=1S/C14H19F3OSe/c1-2-3-4-8-11-13(19(18)14(15,16)17)12-9-6-5-7-10-12/h5-7,9-10,13H,2-4,8,11H2,1H3. The molecule has 2 unspecified atom stereocenters. The van der Waals surface area contributed by atoms with Crippen LogP contribution in [0.3, 0.4) is 0 Å². The zero-order valence-corrected chi connectivity index (χ0v) is 12.7. The normalized spacial score (nSPS) is 15.2. The second kappa shape index (κ2) is 7.81. The van der Waals surface area contributed by atoms with Crippen LogP contribution < -0.4 is 0 Å². The monoisotopic (exact) mass is 340 g/mol. The summed E-state index contributed by atoms with van der Waals surface area (Å²) in [6, 6.07) is 8.44. The van der Waals surface area contributed by atoms with Gasteiger partial charge < -0.3 is 0 Å². The van der Waals surface area contributed by atoms with Crippen molar-refractivity contribution in [1.29, 1.82) is 0 Å². The number of unbranched alkanes of at least 4 members (excludes halogenated alkanes) is 3. The molecule has 0 spiro atoms. The van der Waals surface area contributed by atoms with Gasteiger partial charge in [-0.05, 0) is 0 Å². The zero-order valence-electron chi connectivity index (χ0n) is 11.0. The van der Waals surface area contributed by atoms with Crippen molar-refractivity contribution in [3.63, 3.8) is 0 Å². The van der Waals surface area contributed by atoms with Gasteiger partial charge in [-0.1, -0.05) is 0 Å². The van der Waals surface area contributed by atoms with Gasteiger partial charge in [0.05, 0.1) is 0 Å². The molecule has 1 rings (SSSR count). The van der Waals surface area contributed by atoms with Crippen molar-refractivity contribution in [2.24, 2.45) is 0 Å². The van der Waals surface area contributed by atoms with E-state index in [9.17, 15) is 17.0 Å². The number of hydrogen-bond acceptors (Lipinski definition) is 1. The molecule has 0 aliphatic rings. The Bertz CT molecular complexity index is 389. The SMILES string of the molecule is CCCCCCC(c1ccccc1)[Se](=O)C(F)(F)F. The maximum atomic E-state index is 12.7. The van der Waals surface area contributed by atoms with E-state index in [2.05, 4.69) is 6.92 Å². The van der Waals surface area contributed by atoms with Gasteiger partial charge in [0, 0.05) is 0 Å². The van der Waals surface area contributed by atoms with Crippen molar-refractivity contribution in [1.82, 2.24) is 0 Å².